The van der Waals surface area contributed by atoms with Crippen LogP contribution in [0.2, 0.25) is 0 Å². The minimum Gasteiger partial charge on any atom is -0.392 e. The lowest BCUT2D eigenvalue weighted by Crippen LogP contribution is -2.40. The minimum atomic E-state index is -0.567. The molecule has 1 fully saturated rings. The van der Waals surface area contributed by atoms with Crippen LogP contribution in [-0.4, -0.2) is 10.9 Å². The second-order valence-corrected chi connectivity index (χ2v) is 6.91. The zero-order valence-electron chi connectivity index (χ0n) is 10.9. The summed E-state index contributed by atoms with van der Waals surface area (Å²) in [4.78, 5) is 15.0. The normalized spacial score (nSPS) is 18.2. The van der Waals surface area contributed by atoms with E-state index in [0.29, 0.717) is 4.99 Å². The number of carbonyl (C=O) groups is 1. The van der Waals surface area contributed by atoms with Crippen LogP contribution in [0.25, 0.3) is 0 Å². The third kappa shape index (κ3) is 2.29. The molecule has 98 valence electrons. The number of thiophene rings is 1. The summed E-state index contributed by atoms with van der Waals surface area (Å²) in [5, 5.41) is 3.03. The summed E-state index contributed by atoms with van der Waals surface area (Å²) in [7, 11) is 0. The van der Waals surface area contributed by atoms with Gasteiger partial charge in [-0.2, -0.15) is 0 Å². The Balaban J connectivity index is 2.08. The van der Waals surface area contributed by atoms with Crippen LogP contribution in [0.3, 0.4) is 0 Å². The Labute approximate surface area is 117 Å². The lowest BCUT2D eigenvalue weighted by atomic mass is 10.0. The SMILES string of the molecule is Cc1cc(C(C)NC(=O)C2(C(N)=S)CC2)c(C)s1. The number of hydrogen-bond acceptors (Lipinski definition) is 3. The average molecular weight is 282 g/mol. The first-order valence-corrected chi connectivity index (χ1v) is 7.27. The molecule has 18 heavy (non-hydrogen) atoms. The van der Waals surface area contributed by atoms with Gasteiger partial charge in [0.15, 0.2) is 0 Å². The smallest absolute Gasteiger partial charge is 0.233 e. The molecular formula is C13H18N2OS2. The third-order valence-corrected chi connectivity index (χ3v) is 4.92. The highest BCUT2D eigenvalue weighted by molar-refractivity contribution is 7.80. The van der Waals surface area contributed by atoms with Gasteiger partial charge in [0.1, 0.15) is 0 Å². The summed E-state index contributed by atoms with van der Waals surface area (Å²) < 4.78 is 0. The molecule has 3 nitrogen and oxygen atoms in total. The van der Waals surface area contributed by atoms with Crippen molar-refractivity contribution in [1.82, 2.24) is 5.32 Å². The van der Waals surface area contributed by atoms with Crippen molar-refractivity contribution in [3.05, 3.63) is 21.4 Å². The quantitative estimate of drug-likeness (QED) is 0.835. The Morgan fingerprint density at radius 1 is 1.56 bits per heavy atom. The molecule has 3 N–H and O–H groups in total. The number of thiocarbonyl (C=S) groups is 1. The van der Waals surface area contributed by atoms with E-state index in [1.165, 1.54) is 15.3 Å². The molecule has 1 aliphatic rings. The summed E-state index contributed by atoms with van der Waals surface area (Å²) in [6.07, 6.45) is 1.56. The molecule has 0 bridgehead atoms. The second-order valence-electron chi connectivity index (χ2n) is 5.01. The van der Waals surface area contributed by atoms with Gasteiger partial charge >= 0.3 is 0 Å². The fourth-order valence-corrected chi connectivity index (χ4v) is 3.52. The molecule has 5 heteroatoms. The van der Waals surface area contributed by atoms with E-state index < -0.39 is 5.41 Å². The van der Waals surface area contributed by atoms with Crippen molar-refractivity contribution in [3.63, 3.8) is 0 Å². The van der Waals surface area contributed by atoms with Gasteiger partial charge in [-0.1, -0.05) is 12.2 Å². The predicted octanol–water partition coefficient (Wildman–Crippen LogP) is 2.61. The average Bonchev–Trinajstić information content (AvgIpc) is 3.00. The molecule has 1 aromatic heterocycles. The highest BCUT2D eigenvalue weighted by atomic mass is 32.1. The van der Waals surface area contributed by atoms with Crippen molar-refractivity contribution in [2.45, 2.75) is 39.7 Å². The third-order valence-electron chi connectivity index (χ3n) is 3.55. The lowest BCUT2D eigenvalue weighted by molar-refractivity contribution is -0.124. The number of aryl methyl sites for hydroxylation is 2. The van der Waals surface area contributed by atoms with Gasteiger partial charge in [0, 0.05) is 9.75 Å². The monoisotopic (exact) mass is 282 g/mol. The first-order chi connectivity index (χ1) is 8.36. The Kier molecular flexibility index (Phi) is 3.47. The molecule has 1 amide bonds. The molecule has 1 heterocycles. The molecule has 0 aliphatic heterocycles. The lowest BCUT2D eigenvalue weighted by Gasteiger charge is -2.19. The largest absolute Gasteiger partial charge is 0.392 e. The molecule has 2 rings (SSSR count). The van der Waals surface area contributed by atoms with E-state index in [1.807, 2.05) is 6.92 Å². The van der Waals surface area contributed by atoms with Crippen molar-refractivity contribution >= 4 is 34.5 Å². The number of hydrogen-bond donors (Lipinski definition) is 2. The van der Waals surface area contributed by atoms with Crippen LogP contribution in [0, 0.1) is 19.3 Å². The molecule has 0 aromatic carbocycles. The minimum absolute atomic E-state index is 0.00859. The van der Waals surface area contributed by atoms with Crippen molar-refractivity contribution in [2.75, 3.05) is 0 Å². The Morgan fingerprint density at radius 2 is 2.17 bits per heavy atom. The fourth-order valence-electron chi connectivity index (χ4n) is 2.20. The van der Waals surface area contributed by atoms with Gasteiger partial charge in [-0.3, -0.25) is 4.79 Å². The van der Waals surface area contributed by atoms with Gasteiger partial charge in [-0.05, 0) is 45.2 Å². The van der Waals surface area contributed by atoms with E-state index in [0.717, 1.165) is 12.8 Å². The molecule has 0 radical (unpaired) electrons. The number of nitrogens with one attached hydrogen (secondary N) is 1. The summed E-state index contributed by atoms with van der Waals surface area (Å²) in [5.74, 6) is -0.0225. The summed E-state index contributed by atoms with van der Waals surface area (Å²) in [6, 6.07) is 2.14. The maximum absolute atomic E-state index is 12.2. The maximum Gasteiger partial charge on any atom is 0.233 e. The topological polar surface area (TPSA) is 55.1 Å². The van der Waals surface area contributed by atoms with Crippen molar-refractivity contribution in [1.29, 1.82) is 0 Å². The molecule has 1 aliphatic carbocycles. The van der Waals surface area contributed by atoms with Gasteiger partial charge in [-0.15, -0.1) is 11.3 Å². The van der Waals surface area contributed by atoms with Gasteiger partial charge in [0.2, 0.25) is 5.91 Å². The summed E-state index contributed by atoms with van der Waals surface area (Å²) >= 11 is 6.74. The Hall–Kier alpha value is -0.940. The molecule has 1 unspecified atom stereocenters. The highest BCUT2D eigenvalue weighted by Gasteiger charge is 2.52. The molecule has 0 saturated heterocycles. The zero-order chi connectivity index (χ0) is 13.5. The highest BCUT2D eigenvalue weighted by Crippen LogP contribution is 2.46. The Morgan fingerprint density at radius 3 is 2.56 bits per heavy atom. The number of amides is 1. The van der Waals surface area contributed by atoms with E-state index in [2.05, 4.69) is 25.2 Å². The van der Waals surface area contributed by atoms with Crippen LogP contribution in [0.5, 0.6) is 0 Å². The van der Waals surface area contributed by atoms with Crippen LogP contribution in [-0.2, 0) is 4.79 Å². The van der Waals surface area contributed by atoms with Crippen molar-refractivity contribution in [3.8, 4) is 0 Å². The van der Waals surface area contributed by atoms with E-state index >= 15 is 0 Å². The van der Waals surface area contributed by atoms with E-state index in [4.69, 9.17) is 18.0 Å². The van der Waals surface area contributed by atoms with E-state index in [9.17, 15) is 4.79 Å². The van der Waals surface area contributed by atoms with Crippen molar-refractivity contribution in [2.24, 2.45) is 11.1 Å². The van der Waals surface area contributed by atoms with E-state index in [-0.39, 0.29) is 11.9 Å². The first-order valence-electron chi connectivity index (χ1n) is 6.04. The van der Waals surface area contributed by atoms with Gasteiger partial charge in [0.25, 0.3) is 0 Å². The maximum atomic E-state index is 12.2. The molecule has 1 aromatic rings. The molecule has 1 atom stereocenters. The first kappa shape index (κ1) is 13.5. The molecular weight excluding hydrogens is 264 g/mol. The number of rotatable bonds is 4. The van der Waals surface area contributed by atoms with Gasteiger partial charge < -0.3 is 11.1 Å². The number of nitrogens with two attached hydrogens (primary N) is 1. The molecule has 1 saturated carbocycles. The fraction of sp³-hybridized carbons (Fsp3) is 0.538. The van der Waals surface area contributed by atoms with Crippen molar-refractivity contribution < 1.29 is 4.79 Å². The number of carbonyl (C=O) groups excluding carboxylic acids is 1. The van der Waals surface area contributed by atoms with Crippen LogP contribution in [0.15, 0.2) is 6.07 Å². The van der Waals surface area contributed by atoms with E-state index in [1.54, 1.807) is 11.3 Å². The van der Waals surface area contributed by atoms with Gasteiger partial charge in [0.05, 0.1) is 16.4 Å². The van der Waals surface area contributed by atoms with Crippen LogP contribution < -0.4 is 11.1 Å². The predicted molar refractivity (Wildman–Crippen MR) is 78.8 cm³/mol. The summed E-state index contributed by atoms with van der Waals surface area (Å²) in [6.45, 7) is 6.16. The summed E-state index contributed by atoms with van der Waals surface area (Å²) in [5.41, 5.74) is 6.27. The zero-order valence-corrected chi connectivity index (χ0v) is 12.5. The van der Waals surface area contributed by atoms with Crippen LogP contribution in [0.1, 0.15) is 41.1 Å². The second kappa shape index (κ2) is 4.63. The Bertz CT molecular complexity index is 503. The van der Waals surface area contributed by atoms with Gasteiger partial charge in [-0.25, -0.2) is 0 Å². The standard InChI is InChI=1S/C13H18N2OS2/c1-7-6-10(9(3)18-7)8(2)15-12(16)13(4-5-13)11(14)17/h6,8H,4-5H2,1-3H3,(H2,14,17)(H,15,16). The van der Waals surface area contributed by atoms with Crippen LogP contribution in [0.4, 0.5) is 0 Å². The van der Waals surface area contributed by atoms with Crippen LogP contribution >= 0.6 is 23.6 Å². The molecule has 0 spiro atoms.